The fraction of sp³-hybridized carbons (Fsp3) is 0.500. The van der Waals surface area contributed by atoms with Crippen LogP contribution in [0.4, 0.5) is 0 Å². The number of Topliss-reactive ketones (excluding diaryl/α,β-unsaturated/α-hetero) is 1. The van der Waals surface area contributed by atoms with Crippen molar-refractivity contribution in [3.8, 4) is 5.75 Å². The van der Waals surface area contributed by atoms with Crippen LogP contribution in [0.3, 0.4) is 0 Å². The molecular weight excluding hydrogens is 256 g/mol. The minimum Gasteiger partial charge on any atom is -0.425 e. The van der Waals surface area contributed by atoms with Crippen molar-refractivity contribution < 1.29 is 19.4 Å². The first-order chi connectivity index (χ1) is 9.70. The van der Waals surface area contributed by atoms with Gasteiger partial charge in [-0.15, -0.1) is 0 Å². The van der Waals surface area contributed by atoms with Gasteiger partial charge in [0.05, 0.1) is 0 Å². The lowest BCUT2D eigenvalue weighted by atomic mass is 9.79. The van der Waals surface area contributed by atoms with E-state index in [-0.39, 0.29) is 5.78 Å². The van der Waals surface area contributed by atoms with Gasteiger partial charge in [0.1, 0.15) is 12.4 Å². The van der Waals surface area contributed by atoms with Gasteiger partial charge in [-0.25, -0.2) is 4.79 Å². The van der Waals surface area contributed by atoms with Gasteiger partial charge >= 0.3 is 5.97 Å². The highest BCUT2D eigenvalue weighted by molar-refractivity contribution is 6.01. The van der Waals surface area contributed by atoms with Crippen LogP contribution in [0.25, 0.3) is 0 Å². The van der Waals surface area contributed by atoms with Crippen molar-refractivity contribution in [3.63, 3.8) is 0 Å². The maximum atomic E-state index is 12.3. The van der Waals surface area contributed by atoms with Gasteiger partial charge in [0.15, 0.2) is 5.78 Å². The van der Waals surface area contributed by atoms with Crippen LogP contribution in [0.5, 0.6) is 5.75 Å². The zero-order valence-electron chi connectivity index (χ0n) is 11.4. The Morgan fingerprint density at radius 2 is 1.85 bits per heavy atom. The highest BCUT2D eigenvalue weighted by atomic mass is 16.5. The Balaban J connectivity index is 2.13. The molecule has 4 nitrogen and oxygen atoms in total. The van der Waals surface area contributed by atoms with Crippen LogP contribution >= 0.6 is 0 Å². The molecule has 0 amide bonds. The minimum absolute atomic E-state index is 0.172. The molecule has 106 valence electrons. The van der Waals surface area contributed by atoms with Crippen molar-refractivity contribution in [2.24, 2.45) is 0 Å². The van der Waals surface area contributed by atoms with Crippen LogP contribution in [-0.2, 0) is 24.1 Å². The standard InChI is InChI=1S/C16H18O4/c17-9-15(19)20-14-8-10-4-1-2-5-11(10)16-12(14)6-3-7-13(16)18/h8,17H,1-7,9H2. The monoisotopic (exact) mass is 274 g/mol. The highest BCUT2D eigenvalue weighted by Gasteiger charge is 2.28. The number of hydrogen-bond acceptors (Lipinski definition) is 4. The van der Waals surface area contributed by atoms with Crippen molar-refractivity contribution in [1.82, 2.24) is 0 Å². The van der Waals surface area contributed by atoms with Crippen molar-refractivity contribution in [3.05, 3.63) is 28.3 Å². The van der Waals surface area contributed by atoms with E-state index in [9.17, 15) is 9.59 Å². The molecule has 3 rings (SSSR count). The average molecular weight is 274 g/mol. The molecule has 1 N–H and O–H groups in total. The van der Waals surface area contributed by atoms with Gasteiger partial charge in [-0.1, -0.05) is 0 Å². The first-order valence-corrected chi connectivity index (χ1v) is 7.23. The number of esters is 1. The number of ketones is 1. The number of hydrogen-bond donors (Lipinski definition) is 1. The number of aliphatic hydroxyl groups is 1. The Labute approximate surface area is 117 Å². The fourth-order valence-electron chi connectivity index (χ4n) is 3.31. The molecule has 0 saturated carbocycles. The summed E-state index contributed by atoms with van der Waals surface area (Å²) in [6.45, 7) is -0.639. The van der Waals surface area contributed by atoms with Crippen LogP contribution in [0.2, 0.25) is 0 Å². The molecule has 0 fully saturated rings. The van der Waals surface area contributed by atoms with Crippen LogP contribution < -0.4 is 4.74 Å². The van der Waals surface area contributed by atoms with Crippen molar-refractivity contribution in [1.29, 1.82) is 0 Å². The fourth-order valence-corrected chi connectivity index (χ4v) is 3.31. The quantitative estimate of drug-likeness (QED) is 0.661. The second kappa shape index (κ2) is 5.37. The third kappa shape index (κ3) is 2.24. The predicted octanol–water partition coefficient (Wildman–Crippen LogP) is 1.98. The largest absolute Gasteiger partial charge is 0.425 e. The van der Waals surface area contributed by atoms with Gasteiger partial charge in [0.2, 0.25) is 0 Å². The van der Waals surface area contributed by atoms with Gasteiger partial charge in [-0.2, -0.15) is 0 Å². The number of aryl methyl sites for hydroxylation is 1. The summed E-state index contributed by atoms with van der Waals surface area (Å²) < 4.78 is 5.24. The average Bonchev–Trinajstić information content (AvgIpc) is 2.47. The van der Waals surface area contributed by atoms with Crippen LogP contribution in [0.1, 0.15) is 52.7 Å². The molecule has 0 unspecified atom stereocenters. The summed E-state index contributed by atoms with van der Waals surface area (Å²) in [5.74, 6) is -0.0139. The Hall–Kier alpha value is -1.68. The van der Waals surface area contributed by atoms with E-state index >= 15 is 0 Å². The van der Waals surface area contributed by atoms with Crippen LogP contribution in [0, 0.1) is 0 Å². The van der Waals surface area contributed by atoms with E-state index < -0.39 is 12.6 Å². The van der Waals surface area contributed by atoms with Gasteiger partial charge in [0, 0.05) is 17.5 Å². The summed E-state index contributed by atoms with van der Waals surface area (Å²) in [5.41, 5.74) is 3.96. The summed E-state index contributed by atoms with van der Waals surface area (Å²) in [5, 5.41) is 8.85. The van der Waals surface area contributed by atoms with Gasteiger partial charge < -0.3 is 9.84 Å². The lowest BCUT2D eigenvalue weighted by Gasteiger charge is -2.26. The first kappa shape index (κ1) is 13.3. The summed E-state index contributed by atoms with van der Waals surface area (Å²) in [6, 6.07) is 1.90. The molecule has 4 heteroatoms. The van der Waals surface area contributed by atoms with Crippen molar-refractivity contribution >= 4 is 11.8 Å². The zero-order chi connectivity index (χ0) is 14.1. The van der Waals surface area contributed by atoms with Crippen LogP contribution in [0.15, 0.2) is 6.07 Å². The molecule has 0 atom stereocenters. The lowest BCUT2D eigenvalue weighted by Crippen LogP contribution is -2.21. The first-order valence-electron chi connectivity index (χ1n) is 7.23. The second-order valence-corrected chi connectivity index (χ2v) is 5.48. The summed E-state index contributed by atoms with van der Waals surface area (Å²) in [6.07, 6.45) is 6.24. The van der Waals surface area contributed by atoms with E-state index in [2.05, 4.69) is 0 Å². The number of carbonyl (C=O) groups is 2. The molecular formula is C16H18O4. The molecule has 0 bridgehead atoms. The third-order valence-corrected chi connectivity index (χ3v) is 4.18. The number of aliphatic hydroxyl groups excluding tert-OH is 1. The van der Waals surface area contributed by atoms with E-state index in [1.165, 1.54) is 5.56 Å². The van der Waals surface area contributed by atoms with E-state index in [1.54, 1.807) is 0 Å². The predicted molar refractivity (Wildman–Crippen MR) is 73.1 cm³/mol. The number of benzene rings is 1. The molecule has 0 heterocycles. The Kier molecular flexibility index (Phi) is 3.57. The summed E-state index contributed by atoms with van der Waals surface area (Å²) >= 11 is 0. The van der Waals surface area contributed by atoms with Crippen LogP contribution in [-0.4, -0.2) is 23.5 Å². The smallest absolute Gasteiger partial charge is 0.337 e. The molecule has 1 aromatic rings. The molecule has 2 aliphatic rings. The Morgan fingerprint density at radius 1 is 1.10 bits per heavy atom. The number of fused-ring (bicyclic) bond motifs is 3. The highest BCUT2D eigenvalue weighted by Crippen LogP contribution is 2.37. The number of ether oxygens (including phenoxy) is 1. The van der Waals surface area contributed by atoms with E-state index in [0.717, 1.165) is 55.2 Å². The van der Waals surface area contributed by atoms with Crippen molar-refractivity contribution in [2.45, 2.75) is 44.9 Å². The summed E-state index contributed by atoms with van der Waals surface area (Å²) in [7, 11) is 0. The maximum absolute atomic E-state index is 12.3. The molecule has 0 aromatic heterocycles. The molecule has 0 radical (unpaired) electrons. The summed E-state index contributed by atoms with van der Waals surface area (Å²) in [4.78, 5) is 23.6. The molecule has 2 aliphatic carbocycles. The maximum Gasteiger partial charge on any atom is 0.337 e. The van der Waals surface area contributed by atoms with Crippen molar-refractivity contribution in [2.75, 3.05) is 6.61 Å². The topological polar surface area (TPSA) is 63.6 Å². The minimum atomic E-state index is -0.666. The van der Waals surface area contributed by atoms with E-state index in [0.29, 0.717) is 12.2 Å². The Morgan fingerprint density at radius 3 is 2.65 bits per heavy atom. The molecule has 0 aliphatic heterocycles. The van der Waals surface area contributed by atoms with Gasteiger partial charge in [0.25, 0.3) is 0 Å². The van der Waals surface area contributed by atoms with Gasteiger partial charge in [-0.05, 0) is 55.7 Å². The molecule has 20 heavy (non-hydrogen) atoms. The van der Waals surface area contributed by atoms with Gasteiger partial charge in [-0.3, -0.25) is 4.79 Å². The molecule has 1 aromatic carbocycles. The second-order valence-electron chi connectivity index (χ2n) is 5.48. The number of rotatable bonds is 2. The van der Waals surface area contributed by atoms with E-state index in [4.69, 9.17) is 9.84 Å². The number of carbonyl (C=O) groups excluding carboxylic acids is 2. The lowest BCUT2D eigenvalue weighted by molar-refractivity contribution is -0.137. The Bertz CT molecular complexity index is 574. The zero-order valence-corrected chi connectivity index (χ0v) is 11.4. The normalized spacial score (nSPS) is 17.4. The van der Waals surface area contributed by atoms with E-state index in [1.807, 2.05) is 6.07 Å². The molecule has 0 saturated heterocycles. The molecule has 0 spiro atoms. The third-order valence-electron chi connectivity index (χ3n) is 4.18. The SMILES string of the molecule is O=C(CO)Oc1cc2c(c3c1CCCC3=O)CCCC2.